The van der Waals surface area contributed by atoms with E-state index in [-0.39, 0.29) is 10.6 Å². The fraction of sp³-hybridized carbons (Fsp3) is 0.0435. The van der Waals surface area contributed by atoms with Crippen molar-refractivity contribution < 1.29 is 18.7 Å². The van der Waals surface area contributed by atoms with E-state index in [1.165, 1.54) is 19.2 Å². The number of carbonyl (C=O) groups excluding carboxylic acids is 2. The Morgan fingerprint density at radius 1 is 0.966 bits per heavy atom. The second-order valence-electron chi connectivity index (χ2n) is 5.98. The van der Waals surface area contributed by atoms with Crippen LogP contribution in [0.15, 0.2) is 66.7 Å². The van der Waals surface area contributed by atoms with Crippen LogP contribution >= 0.6 is 11.6 Å². The molecule has 29 heavy (non-hydrogen) atoms. The van der Waals surface area contributed by atoms with Crippen molar-refractivity contribution in [2.24, 2.45) is 0 Å². The van der Waals surface area contributed by atoms with Gasteiger partial charge in [0.1, 0.15) is 5.82 Å². The molecule has 0 fully saturated rings. The standard InChI is InChI=1S/C23H15ClFNO3/c1-29-23(28)17-6-2-4-15(12-17)8-9-16-5-3-7-19(13-16)26-22(27)20-11-10-18(25)14-21(20)24/h2-7,10-14H,1H3,(H,26,27). The minimum absolute atomic E-state index is 0.0314. The van der Waals surface area contributed by atoms with Crippen LogP contribution < -0.4 is 5.32 Å². The Hall–Kier alpha value is -3.62. The first-order valence-corrected chi connectivity index (χ1v) is 8.91. The van der Waals surface area contributed by atoms with E-state index in [2.05, 4.69) is 17.2 Å². The van der Waals surface area contributed by atoms with Crippen LogP contribution in [-0.4, -0.2) is 19.0 Å². The van der Waals surface area contributed by atoms with E-state index >= 15 is 0 Å². The molecule has 144 valence electrons. The third-order valence-corrected chi connectivity index (χ3v) is 4.24. The number of hydrogen-bond acceptors (Lipinski definition) is 3. The van der Waals surface area contributed by atoms with Gasteiger partial charge in [0.15, 0.2) is 0 Å². The molecule has 0 atom stereocenters. The number of benzene rings is 3. The number of nitrogens with one attached hydrogen (secondary N) is 1. The summed E-state index contributed by atoms with van der Waals surface area (Å²) in [6.45, 7) is 0. The monoisotopic (exact) mass is 407 g/mol. The number of anilines is 1. The molecule has 0 aliphatic carbocycles. The predicted molar refractivity (Wildman–Crippen MR) is 110 cm³/mol. The molecule has 4 nitrogen and oxygen atoms in total. The predicted octanol–water partition coefficient (Wildman–Crippen LogP) is 4.92. The van der Waals surface area contributed by atoms with Crippen LogP contribution in [0.4, 0.5) is 10.1 Å². The first kappa shape index (κ1) is 20.1. The first-order valence-electron chi connectivity index (χ1n) is 8.53. The van der Waals surface area contributed by atoms with E-state index in [1.807, 2.05) is 0 Å². The number of ether oxygens (including phenoxy) is 1. The Balaban J connectivity index is 1.78. The zero-order chi connectivity index (χ0) is 20.8. The van der Waals surface area contributed by atoms with Gasteiger partial charge in [0.05, 0.1) is 23.3 Å². The summed E-state index contributed by atoms with van der Waals surface area (Å²) in [7, 11) is 1.32. The lowest BCUT2D eigenvalue weighted by Gasteiger charge is -2.07. The zero-order valence-corrected chi connectivity index (χ0v) is 16.1. The van der Waals surface area contributed by atoms with Crippen LogP contribution in [-0.2, 0) is 4.74 Å². The average molecular weight is 408 g/mol. The van der Waals surface area contributed by atoms with Gasteiger partial charge in [0.2, 0.25) is 0 Å². The molecule has 0 unspecified atom stereocenters. The van der Waals surface area contributed by atoms with Gasteiger partial charge in [-0.15, -0.1) is 0 Å². The highest BCUT2D eigenvalue weighted by atomic mass is 35.5. The quantitative estimate of drug-likeness (QED) is 0.495. The zero-order valence-electron chi connectivity index (χ0n) is 15.3. The van der Waals surface area contributed by atoms with Crippen molar-refractivity contribution in [1.82, 2.24) is 0 Å². The third-order valence-electron chi connectivity index (χ3n) is 3.93. The Labute approximate surface area is 172 Å². The molecular formula is C23H15ClFNO3. The van der Waals surface area contributed by atoms with Crippen LogP contribution in [0, 0.1) is 17.7 Å². The molecule has 0 aliphatic rings. The van der Waals surface area contributed by atoms with Gasteiger partial charge in [0, 0.05) is 16.8 Å². The summed E-state index contributed by atoms with van der Waals surface area (Å²) < 4.78 is 17.8. The van der Waals surface area contributed by atoms with Crippen LogP contribution in [0.2, 0.25) is 5.02 Å². The van der Waals surface area contributed by atoms with E-state index < -0.39 is 17.7 Å². The highest BCUT2D eigenvalue weighted by Crippen LogP contribution is 2.19. The largest absolute Gasteiger partial charge is 0.465 e. The van der Waals surface area contributed by atoms with Crippen LogP contribution in [0.1, 0.15) is 31.8 Å². The first-order chi connectivity index (χ1) is 14.0. The lowest BCUT2D eigenvalue weighted by Crippen LogP contribution is -2.12. The van der Waals surface area contributed by atoms with E-state index in [0.717, 1.165) is 6.07 Å². The number of hydrogen-bond donors (Lipinski definition) is 1. The topological polar surface area (TPSA) is 55.4 Å². The van der Waals surface area contributed by atoms with Crippen molar-refractivity contribution in [1.29, 1.82) is 0 Å². The summed E-state index contributed by atoms with van der Waals surface area (Å²) in [6.07, 6.45) is 0. The van der Waals surface area contributed by atoms with Crippen molar-refractivity contribution in [3.05, 3.63) is 99.8 Å². The summed E-state index contributed by atoms with van der Waals surface area (Å²) in [6, 6.07) is 17.3. The van der Waals surface area contributed by atoms with E-state index in [4.69, 9.17) is 16.3 Å². The molecule has 0 saturated heterocycles. The maximum absolute atomic E-state index is 13.1. The fourth-order valence-corrected chi connectivity index (χ4v) is 2.79. The highest BCUT2D eigenvalue weighted by molar-refractivity contribution is 6.34. The molecule has 3 rings (SSSR count). The minimum Gasteiger partial charge on any atom is -0.465 e. The van der Waals surface area contributed by atoms with Gasteiger partial charge in [-0.3, -0.25) is 4.79 Å². The van der Waals surface area contributed by atoms with Crippen LogP contribution in [0.3, 0.4) is 0 Å². The molecule has 0 spiro atoms. The smallest absolute Gasteiger partial charge is 0.337 e. The molecule has 0 aliphatic heterocycles. The van der Waals surface area contributed by atoms with Gasteiger partial charge < -0.3 is 10.1 Å². The van der Waals surface area contributed by atoms with Gasteiger partial charge >= 0.3 is 5.97 Å². The van der Waals surface area contributed by atoms with Crippen LogP contribution in [0.5, 0.6) is 0 Å². The number of methoxy groups -OCH3 is 1. The molecule has 0 bridgehead atoms. The lowest BCUT2D eigenvalue weighted by atomic mass is 10.1. The summed E-state index contributed by atoms with van der Waals surface area (Å²) >= 11 is 5.93. The Bertz CT molecular complexity index is 1150. The van der Waals surface area contributed by atoms with E-state index in [0.29, 0.717) is 22.4 Å². The lowest BCUT2D eigenvalue weighted by molar-refractivity contribution is 0.0600. The molecule has 0 heterocycles. The average Bonchev–Trinajstić information content (AvgIpc) is 2.72. The minimum atomic E-state index is -0.514. The van der Waals surface area contributed by atoms with Gasteiger partial charge in [-0.25, -0.2) is 9.18 Å². The second-order valence-corrected chi connectivity index (χ2v) is 6.39. The van der Waals surface area contributed by atoms with Gasteiger partial charge in [-0.05, 0) is 54.6 Å². The molecule has 1 N–H and O–H groups in total. The van der Waals surface area contributed by atoms with E-state index in [1.54, 1.807) is 48.5 Å². The number of carbonyl (C=O) groups is 2. The molecule has 1 amide bonds. The van der Waals surface area contributed by atoms with Gasteiger partial charge in [0.25, 0.3) is 5.91 Å². The van der Waals surface area contributed by atoms with Crippen molar-refractivity contribution >= 4 is 29.2 Å². The second kappa shape index (κ2) is 9.05. The highest BCUT2D eigenvalue weighted by Gasteiger charge is 2.11. The number of esters is 1. The van der Waals surface area contributed by atoms with Crippen molar-refractivity contribution in [3.63, 3.8) is 0 Å². The normalized spacial score (nSPS) is 9.90. The summed E-state index contributed by atoms with van der Waals surface area (Å²) in [5, 5.41) is 2.75. The molecule has 0 saturated carbocycles. The summed E-state index contributed by atoms with van der Waals surface area (Å²) in [5.74, 6) is 4.56. The van der Waals surface area contributed by atoms with E-state index in [9.17, 15) is 14.0 Å². The Kier molecular flexibility index (Phi) is 6.28. The number of amides is 1. The SMILES string of the molecule is COC(=O)c1cccc(C#Cc2cccc(NC(=O)c3ccc(F)cc3Cl)c2)c1. The van der Waals surface area contributed by atoms with Gasteiger partial charge in [-0.1, -0.05) is 35.6 Å². The molecular weight excluding hydrogens is 393 g/mol. The van der Waals surface area contributed by atoms with Gasteiger partial charge in [-0.2, -0.15) is 0 Å². The number of halogens is 2. The Morgan fingerprint density at radius 3 is 2.34 bits per heavy atom. The molecule has 3 aromatic rings. The van der Waals surface area contributed by atoms with Crippen molar-refractivity contribution in [2.75, 3.05) is 12.4 Å². The molecule has 0 radical (unpaired) electrons. The molecule has 0 aromatic heterocycles. The van der Waals surface area contributed by atoms with Crippen LogP contribution in [0.25, 0.3) is 0 Å². The summed E-state index contributed by atoms with van der Waals surface area (Å²) in [5.41, 5.74) is 2.42. The fourth-order valence-electron chi connectivity index (χ4n) is 2.53. The molecule has 3 aromatic carbocycles. The summed E-state index contributed by atoms with van der Waals surface area (Å²) in [4.78, 5) is 24.0. The van der Waals surface area contributed by atoms with Crippen molar-refractivity contribution in [3.8, 4) is 11.8 Å². The third kappa shape index (κ3) is 5.22. The Morgan fingerprint density at radius 2 is 1.66 bits per heavy atom. The maximum atomic E-state index is 13.1. The molecule has 6 heteroatoms. The maximum Gasteiger partial charge on any atom is 0.337 e. The number of rotatable bonds is 3. The van der Waals surface area contributed by atoms with Crippen molar-refractivity contribution in [2.45, 2.75) is 0 Å².